The maximum Gasteiger partial charge on any atom is 0.210 e. The summed E-state index contributed by atoms with van der Waals surface area (Å²) >= 11 is 0. The Balaban J connectivity index is 0.00000174. The Kier molecular flexibility index (Phi) is 21.1. The van der Waals surface area contributed by atoms with Gasteiger partial charge in [0.05, 0.1) is 12.8 Å². The number of benzene rings is 1. The number of hydrogen-bond donors (Lipinski definition) is 1. The largest absolute Gasteiger partial charge is 0.313 e. The van der Waals surface area contributed by atoms with Gasteiger partial charge in [-0.2, -0.15) is 0 Å². The van der Waals surface area contributed by atoms with Gasteiger partial charge in [-0.25, -0.2) is 4.89 Å². The quantitative estimate of drug-likeness (QED) is 0.0894. The van der Waals surface area contributed by atoms with Crippen LogP contribution in [0.25, 0.3) is 5.52 Å². The molecule has 1 unspecified atom stereocenters. The Morgan fingerprint density at radius 2 is 1.45 bits per heavy atom. The molecule has 0 radical (unpaired) electrons. The number of nitrogens with zero attached hydrogens (tertiary/aromatic N) is 2. The van der Waals surface area contributed by atoms with Crippen molar-refractivity contribution in [3.63, 3.8) is 0 Å². The predicted molar refractivity (Wildman–Crippen MR) is 199 cm³/mol. The van der Waals surface area contributed by atoms with E-state index in [1.54, 1.807) is 0 Å². The van der Waals surface area contributed by atoms with Gasteiger partial charge < -0.3 is 9.30 Å². The van der Waals surface area contributed by atoms with Gasteiger partial charge in [0.2, 0.25) is 5.78 Å². The first-order valence-electron chi connectivity index (χ1n) is 18.1. The van der Waals surface area contributed by atoms with Crippen molar-refractivity contribution < 1.29 is 19.7 Å². The van der Waals surface area contributed by atoms with Gasteiger partial charge in [0.15, 0.2) is 5.78 Å². The molecule has 0 aliphatic heterocycles. The molecule has 0 amide bonds. The molecule has 2 heterocycles. The fourth-order valence-electron chi connectivity index (χ4n) is 6.51. The first-order valence-corrected chi connectivity index (χ1v) is 18.1. The van der Waals surface area contributed by atoms with E-state index in [9.17, 15) is 9.59 Å². The molecule has 1 aromatic carbocycles. The number of aromatic nitrogens is 1. The molecule has 2 aromatic heterocycles. The third-order valence-corrected chi connectivity index (χ3v) is 9.16. The van der Waals surface area contributed by atoms with Gasteiger partial charge in [0, 0.05) is 28.8 Å². The monoisotopic (exact) mass is 651 g/mol. The molecule has 6 nitrogen and oxygen atoms in total. The fourth-order valence-corrected chi connectivity index (χ4v) is 6.51. The lowest BCUT2D eigenvalue weighted by molar-refractivity contribution is -0.214. The zero-order valence-electron chi connectivity index (χ0n) is 29.9. The Morgan fingerprint density at radius 1 is 0.851 bits per heavy atom. The van der Waals surface area contributed by atoms with Crippen LogP contribution in [-0.2, 0) is 17.7 Å². The molecule has 0 spiro atoms. The highest BCUT2D eigenvalue weighted by atomic mass is 17.1. The van der Waals surface area contributed by atoms with E-state index in [-0.39, 0.29) is 24.9 Å². The van der Waals surface area contributed by atoms with E-state index in [1.165, 1.54) is 51.4 Å². The van der Waals surface area contributed by atoms with Crippen LogP contribution in [0.5, 0.6) is 0 Å². The minimum absolute atomic E-state index is 0. The van der Waals surface area contributed by atoms with Gasteiger partial charge in [-0.15, -0.1) is 0 Å². The van der Waals surface area contributed by atoms with Crippen LogP contribution in [0.3, 0.4) is 0 Å². The summed E-state index contributed by atoms with van der Waals surface area (Å²) in [4.78, 5) is 33.0. The van der Waals surface area contributed by atoms with Crippen LogP contribution in [0, 0.1) is 11.8 Å². The van der Waals surface area contributed by atoms with Crippen molar-refractivity contribution in [3.8, 4) is 0 Å². The summed E-state index contributed by atoms with van der Waals surface area (Å²) in [5, 5.41) is 7.07. The summed E-state index contributed by atoms with van der Waals surface area (Å²) in [6.45, 7) is 16.5. The minimum Gasteiger partial charge on any atom is -0.313 e. The number of rotatable bonds is 17. The molecule has 3 aromatic rings. The third-order valence-electron chi connectivity index (χ3n) is 9.16. The van der Waals surface area contributed by atoms with Gasteiger partial charge in [0.1, 0.15) is 0 Å². The van der Waals surface area contributed by atoms with Gasteiger partial charge in [-0.05, 0) is 106 Å². The molecule has 47 heavy (non-hydrogen) atoms. The van der Waals surface area contributed by atoms with Crippen LogP contribution in [0.15, 0.2) is 48.7 Å². The van der Waals surface area contributed by atoms with Crippen molar-refractivity contribution in [1.29, 1.82) is 0 Å². The summed E-state index contributed by atoms with van der Waals surface area (Å²) in [7, 11) is 1.18. The second-order valence-electron chi connectivity index (χ2n) is 12.6. The van der Waals surface area contributed by atoms with E-state index in [2.05, 4.69) is 55.7 Å². The third kappa shape index (κ3) is 12.6. The Hall–Kier alpha value is -2.80. The highest BCUT2D eigenvalue weighted by Gasteiger charge is 2.30. The van der Waals surface area contributed by atoms with Crippen LogP contribution in [-0.4, -0.2) is 52.9 Å². The molecule has 1 aliphatic rings. The SMILES string of the molecule is C.CC.CCCCc1cc2cc(C(=O)C3CCC[C@H]3C)ccn2c1C(=O)c1ccc(CCCN(CCCC)CCCC)cc1.COO. The molecule has 1 N–H and O–H groups in total. The Morgan fingerprint density at radius 3 is 2.00 bits per heavy atom. The Labute approximate surface area is 286 Å². The predicted octanol–water partition coefficient (Wildman–Crippen LogP) is 10.7. The highest BCUT2D eigenvalue weighted by molar-refractivity contribution is 6.10. The molecule has 264 valence electrons. The first-order chi connectivity index (χ1) is 22.4. The molecule has 2 atom stereocenters. The van der Waals surface area contributed by atoms with Crippen molar-refractivity contribution in [2.45, 2.75) is 126 Å². The smallest absolute Gasteiger partial charge is 0.210 e. The van der Waals surface area contributed by atoms with Crippen molar-refractivity contribution in [2.24, 2.45) is 11.8 Å². The standard InChI is InChI=1S/C37H52N2O2.C2H6.CH4O2.CH4/c1-5-8-15-31-26-33-27-32(36(40)34-16-11-13-28(34)4)21-25-39(33)35(31)37(41)30-19-17-29(18-20-30)14-12-24-38(22-9-6-2)23-10-7-3;1-2;1-3-2;/h17-21,25-28,34H,5-16,22-24H2,1-4H3;1-2H3;2H,1H3;1H4/t28-,34?;;;/m1.../s1. The van der Waals surface area contributed by atoms with Gasteiger partial charge in [0.25, 0.3) is 0 Å². The van der Waals surface area contributed by atoms with E-state index >= 15 is 0 Å². The average Bonchev–Trinajstić information content (AvgIpc) is 3.68. The van der Waals surface area contributed by atoms with E-state index in [0.29, 0.717) is 5.92 Å². The number of aryl methyl sites for hydroxylation is 2. The van der Waals surface area contributed by atoms with Crippen molar-refractivity contribution >= 4 is 17.1 Å². The molecule has 1 aliphatic carbocycles. The summed E-state index contributed by atoms with van der Waals surface area (Å²) in [6.07, 6.45) is 15.4. The zero-order chi connectivity index (χ0) is 33.9. The lowest BCUT2D eigenvalue weighted by Crippen LogP contribution is -2.27. The normalized spacial score (nSPS) is 15.4. The van der Waals surface area contributed by atoms with E-state index in [1.807, 2.05) is 48.7 Å². The minimum atomic E-state index is 0. The van der Waals surface area contributed by atoms with Crippen LogP contribution >= 0.6 is 0 Å². The highest BCUT2D eigenvalue weighted by Crippen LogP contribution is 2.34. The van der Waals surface area contributed by atoms with Crippen LogP contribution in [0.2, 0.25) is 0 Å². The maximum absolute atomic E-state index is 13.9. The van der Waals surface area contributed by atoms with E-state index in [4.69, 9.17) is 5.26 Å². The molecular weight excluding hydrogens is 584 g/mol. The summed E-state index contributed by atoms with van der Waals surface area (Å²) < 4.78 is 2.01. The first kappa shape index (κ1) is 42.2. The topological polar surface area (TPSA) is 71.2 Å². The number of ketones is 2. The molecule has 1 fully saturated rings. The Bertz CT molecular complexity index is 1290. The number of fused-ring (bicyclic) bond motifs is 1. The van der Waals surface area contributed by atoms with E-state index in [0.717, 1.165) is 85.8 Å². The molecular formula is C41H66N2O4. The lowest BCUT2D eigenvalue weighted by Gasteiger charge is -2.21. The second-order valence-corrected chi connectivity index (χ2v) is 12.6. The number of hydrogen-bond acceptors (Lipinski definition) is 5. The van der Waals surface area contributed by atoms with E-state index < -0.39 is 0 Å². The zero-order valence-corrected chi connectivity index (χ0v) is 29.9. The van der Waals surface area contributed by atoms with Crippen molar-refractivity contribution in [3.05, 3.63) is 76.6 Å². The summed E-state index contributed by atoms with van der Waals surface area (Å²) in [5.74, 6) is 0.904. The van der Waals surface area contributed by atoms with Crippen molar-refractivity contribution in [1.82, 2.24) is 9.30 Å². The number of carbonyl (C=O) groups is 2. The number of pyridine rings is 1. The molecule has 0 saturated heterocycles. The molecule has 4 rings (SSSR count). The second kappa shape index (κ2) is 23.5. The summed E-state index contributed by atoms with van der Waals surface area (Å²) in [5.41, 5.74) is 5.59. The number of unbranched alkanes of at least 4 members (excludes halogenated alkanes) is 3. The molecule has 1 saturated carbocycles. The van der Waals surface area contributed by atoms with Crippen LogP contribution in [0.1, 0.15) is 151 Å². The number of Topliss-reactive ketones (excluding diaryl/α,β-unsaturated/α-hetero) is 1. The van der Waals surface area contributed by atoms with Gasteiger partial charge >= 0.3 is 0 Å². The summed E-state index contributed by atoms with van der Waals surface area (Å²) in [6, 6.07) is 14.3. The van der Waals surface area contributed by atoms with Gasteiger partial charge in [-0.1, -0.05) is 98.9 Å². The van der Waals surface area contributed by atoms with Crippen molar-refractivity contribution in [2.75, 3.05) is 26.7 Å². The average molecular weight is 651 g/mol. The molecule has 6 heteroatoms. The van der Waals surface area contributed by atoms with Crippen LogP contribution < -0.4 is 0 Å². The lowest BCUT2D eigenvalue weighted by atomic mass is 9.90. The number of carbonyl (C=O) groups excluding carboxylic acids is 2. The maximum atomic E-state index is 13.9. The van der Waals surface area contributed by atoms with Crippen LogP contribution in [0.4, 0.5) is 0 Å². The fraction of sp³-hybridized carbons (Fsp3) is 0.610. The van der Waals surface area contributed by atoms with Gasteiger partial charge in [-0.3, -0.25) is 14.8 Å². The molecule has 0 bridgehead atoms.